The SMILES string of the molecule is CC1CCCN(c2ccc(N)c(OC(C)(C)C)n2)C1. The molecule has 1 atom stereocenters. The van der Waals surface area contributed by atoms with Crippen molar-refractivity contribution in [1.29, 1.82) is 0 Å². The number of ether oxygens (including phenoxy) is 1. The van der Waals surface area contributed by atoms with Crippen LogP contribution in [0.5, 0.6) is 5.88 Å². The van der Waals surface area contributed by atoms with Gasteiger partial charge in [0.15, 0.2) is 0 Å². The number of anilines is 2. The lowest BCUT2D eigenvalue weighted by molar-refractivity contribution is 0.125. The minimum atomic E-state index is -0.283. The van der Waals surface area contributed by atoms with Gasteiger partial charge in [0.05, 0.1) is 5.69 Å². The first-order valence-corrected chi connectivity index (χ1v) is 7.05. The van der Waals surface area contributed by atoms with Crippen molar-refractivity contribution in [2.45, 2.75) is 46.1 Å². The van der Waals surface area contributed by atoms with Crippen molar-refractivity contribution in [3.8, 4) is 5.88 Å². The molecule has 19 heavy (non-hydrogen) atoms. The highest BCUT2D eigenvalue weighted by Crippen LogP contribution is 2.28. The molecule has 0 aliphatic carbocycles. The van der Waals surface area contributed by atoms with E-state index in [1.807, 2.05) is 32.9 Å². The van der Waals surface area contributed by atoms with Crippen LogP contribution in [0.25, 0.3) is 0 Å². The molecule has 0 radical (unpaired) electrons. The van der Waals surface area contributed by atoms with Gasteiger partial charge < -0.3 is 15.4 Å². The second-order valence-electron chi connectivity index (χ2n) is 6.47. The fourth-order valence-corrected chi connectivity index (χ4v) is 2.39. The van der Waals surface area contributed by atoms with E-state index in [2.05, 4.69) is 16.8 Å². The third-order valence-corrected chi connectivity index (χ3v) is 3.26. The van der Waals surface area contributed by atoms with Gasteiger partial charge in [0.2, 0.25) is 5.88 Å². The smallest absolute Gasteiger partial charge is 0.239 e. The highest BCUT2D eigenvalue weighted by molar-refractivity contribution is 5.54. The van der Waals surface area contributed by atoms with Gasteiger partial charge in [-0.25, -0.2) is 0 Å². The molecule has 106 valence electrons. The largest absolute Gasteiger partial charge is 0.470 e. The van der Waals surface area contributed by atoms with E-state index >= 15 is 0 Å². The Labute approximate surface area is 116 Å². The lowest BCUT2D eigenvalue weighted by Crippen LogP contribution is -2.35. The van der Waals surface area contributed by atoms with Crippen LogP contribution in [0.2, 0.25) is 0 Å². The molecule has 1 unspecified atom stereocenters. The van der Waals surface area contributed by atoms with Crippen molar-refractivity contribution in [1.82, 2.24) is 4.98 Å². The van der Waals surface area contributed by atoms with E-state index in [0.29, 0.717) is 11.6 Å². The number of piperidine rings is 1. The molecule has 1 fully saturated rings. The molecular formula is C15H25N3O. The van der Waals surface area contributed by atoms with Crippen LogP contribution in [0.1, 0.15) is 40.5 Å². The summed E-state index contributed by atoms with van der Waals surface area (Å²) in [5.74, 6) is 2.24. The summed E-state index contributed by atoms with van der Waals surface area (Å²) in [5.41, 5.74) is 6.27. The molecule has 4 heteroatoms. The minimum absolute atomic E-state index is 0.283. The zero-order chi connectivity index (χ0) is 14.0. The van der Waals surface area contributed by atoms with Crippen molar-refractivity contribution < 1.29 is 4.74 Å². The van der Waals surface area contributed by atoms with Crippen LogP contribution in [-0.2, 0) is 0 Å². The quantitative estimate of drug-likeness (QED) is 0.891. The van der Waals surface area contributed by atoms with Crippen molar-refractivity contribution in [2.75, 3.05) is 23.7 Å². The average Bonchev–Trinajstić information content (AvgIpc) is 2.30. The first-order chi connectivity index (χ1) is 8.85. The van der Waals surface area contributed by atoms with Gasteiger partial charge in [-0.3, -0.25) is 0 Å². The number of rotatable bonds is 2. The Morgan fingerprint density at radius 1 is 1.37 bits per heavy atom. The van der Waals surface area contributed by atoms with Crippen LogP contribution in [-0.4, -0.2) is 23.7 Å². The maximum Gasteiger partial charge on any atom is 0.239 e. The number of hydrogen-bond acceptors (Lipinski definition) is 4. The zero-order valence-electron chi connectivity index (χ0n) is 12.4. The van der Waals surface area contributed by atoms with Gasteiger partial charge in [-0.2, -0.15) is 4.98 Å². The Hall–Kier alpha value is -1.45. The maximum absolute atomic E-state index is 5.95. The molecule has 0 bridgehead atoms. The number of nitrogen functional groups attached to an aromatic ring is 1. The summed E-state index contributed by atoms with van der Waals surface area (Å²) >= 11 is 0. The second-order valence-corrected chi connectivity index (χ2v) is 6.47. The monoisotopic (exact) mass is 263 g/mol. The van der Waals surface area contributed by atoms with Crippen LogP contribution in [0.4, 0.5) is 11.5 Å². The van der Waals surface area contributed by atoms with Crippen molar-refractivity contribution in [3.05, 3.63) is 12.1 Å². The Bertz CT molecular complexity index is 440. The molecule has 0 saturated carbocycles. The van der Waals surface area contributed by atoms with Gasteiger partial charge in [-0.1, -0.05) is 6.92 Å². The predicted molar refractivity (Wildman–Crippen MR) is 79.6 cm³/mol. The molecule has 2 heterocycles. The summed E-state index contributed by atoms with van der Waals surface area (Å²) in [5, 5.41) is 0. The lowest BCUT2D eigenvalue weighted by Gasteiger charge is -2.32. The summed E-state index contributed by atoms with van der Waals surface area (Å²) in [4.78, 5) is 6.92. The van der Waals surface area contributed by atoms with E-state index in [1.54, 1.807) is 0 Å². The van der Waals surface area contributed by atoms with E-state index in [9.17, 15) is 0 Å². The van der Waals surface area contributed by atoms with Gasteiger partial charge in [0.1, 0.15) is 11.4 Å². The number of nitrogens with zero attached hydrogens (tertiary/aromatic N) is 2. The van der Waals surface area contributed by atoms with Gasteiger partial charge in [-0.05, 0) is 51.7 Å². The molecule has 2 N–H and O–H groups in total. The van der Waals surface area contributed by atoms with Crippen LogP contribution in [0.3, 0.4) is 0 Å². The van der Waals surface area contributed by atoms with Gasteiger partial charge in [0, 0.05) is 13.1 Å². The fraction of sp³-hybridized carbons (Fsp3) is 0.667. The standard InChI is InChI=1S/C15H25N3O/c1-11-6-5-9-18(10-11)13-8-7-12(16)14(17-13)19-15(2,3)4/h7-8,11H,5-6,9-10,16H2,1-4H3. The Kier molecular flexibility index (Phi) is 3.88. The molecule has 2 rings (SSSR count). The third kappa shape index (κ3) is 3.75. The van der Waals surface area contributed by atoms with Crippen LogP contribution < -0.4 is 15.4 Å². The maximum atomic E-state index is 5.95. The topological polar surface area (TPSA) is 51.4 Å². The first kappa shape index (κ1) is 14.0. The zero-order valence-corrected chi connectivity index (χ0v) is 12.4. The van der Waals surface area contributed by atoms with E-state index in [0.717, 1.165) is 24.8 Å². The van der Waals surface area contributed by atoms with Crippen molar-refractivity contribution in [3.63, 3.8) is 0 Å². The van der Waals surface area contributed by atoms with Gasteiger partial charge in [-0.15, -0.1) is 0 Å². The summed E-state index contributed by atoms with van der Waals surface area (Å²) in [6, 6.07) is 3.88. The van der Waals surface area contributed by atoms with E-state index in [4.69, 9.17) is 10.5 Å². The molecule has 0 amide bonds. The number of pyridine rings is 1. The van der Waals surface area contributed by atoms with Gasteiger partial charge in [0.25, 0.3) is 0 Å². The van der Waals surface area contributed by atoms with Gasteiger partial charge >= 0.3 is 0 Å². The van der Waals surface area contributed by atoms with E-state index < -0.39 is 0 Å². The minimum Gasteiger partial charge on any atom is -0.470 e. The molecule has 4 nitrogen and oxygen atoms in total. The summed E-state index contributed by atoms with van der Waals surface area (Å²) in [6.07, 6.45) is 2.53. The normalized spacial score (nSPS) is 20.4. The predicted octanol–water partition coefficient (Wildman–Crippen LogP) is 3.08. The average molecular weight is 263 g/mol. The first-order valence-electron chi connectivity index (χ1n) is 7.05. The molecule has 0 spiro atoms. The van der Waals surface area contributed by atoms with Crippen LogP contribution >= 0.6 is 0 Å². The van der Waals surface area contributed by atoms with Crippen LogP contribution in [0.15, 0.2) is 12.1 Å². The fourth-order valence-electron chi connectivity index (χ4n) is 2.39. The molecular weight excluding hydrogens is 238 g/mol. The third-order valence-electron chi connectivity index (χ3n) is 3.26. The van der Waals surface area contributed by atoms with E-state index in [-0.39, 0.29) is 5.60 Å². The Morgan fingerprint density at radius 3 is 2.74 bits per heavy atom. The summed E-state index contributed by atoms with van der Waals surface area (Å²) in [6.45, 7) is 10.4. The van der Waals surface area contributed by atoms with Crippen molar-refractivity contribution in [2.24, 2.45) is 5.92 Å². The lowest BCUT2D eigenvalue weighted by atomic mass is 10.0. The number of aromatic nitrogens is 1. The number of hydrogen-bond donors (Lipinski definition) is 1. The molecule has 1 aliphatic heterocycles. The Balaban J connectivity index is 2.20. The highest BCUT2D eigenvalue weighted by atomic mass is 16.5. The summed E-state index contributed by atoms with van der Waals surface area (Å²) in [7, 11) is 0. The molecule has 1 aliphatic rings. The number of nitrogens with two attached hydrogens (primary N) is 1. The molecule has 1 aromatic rings. The van der Waals surface area contributed by atoms with E-state index in [1.165, 1.54) is 12.8 Å². The molecule has 0 aromatic carbocycles. The highest BCUT2D eigenvalue weighted by Gasteiger charge is 2.20. The second kappa shape index (κ2) is 5.27. The van der Waals surface area contributed by atoms with Crippen LogP contribution in [0, 0.1) is 5.92 Å². The molecule has 1 saturated heterocycles. The summed E-state index contributed by atoms with van der Waals surface area (Å²) < 4.78 is 5.83. The Morgan fingerprint density at radius 2 is 2.11 bits per heavy atom. The molecule has 1 aromatic heterocycles. The van der Waals surface area contributed by atoms with Crippen molar-refractivity contribution >= 4 is 11.5 Å².